The second kappa shape index (κ2) is 16.3. The van der Waals surface area contributed by atoms with Gasteiger partial charge in [-0.15, -0.1) is 0 Å². The summed E-state index contributed by atoms with van der Waals surface area (Å²) < 4.78 is 22.7. The number of rotatable bonds is 11. The number of benzene rings is 3. The number of amides is 1. The summed E-state index contributed by atoms with van der Waals surface area (Å²) in [7, 11) is 0. The maximum Gasteiger partial charge on any atom is 0.204 e. The summed E-state index contributed by atoms with van der Waals surface area (Å²) in [6, 6.07) is 15.6. The van der Waals surface area contributed by atoms with Crippen molar-refractivity contribution in [2.75, 3.05) is 19.7 Å². The predicted octanol–water partition coefficient (Wildman–Crippen LogP) is 6.44. The van der Waals surface area contributed by atoms with E-state index in [0.29, 0.717) is 23.7 Å². The lowest BCUT2D eigenvalue weighted by molar-refractivity contribution is -0.107. The van der Waals surface area contributed by atoms with Gasteiger partial charge in [0.15, 0.2) is 0 Å². The fourth-order valence-corrected chi connectivity index (χ4v) is 6.68. The first-order valence-electron chi connectivity index (χ1n) is 16.9. The number of primary amides is 1. The van der Waals surface area contributed by atoms with E-state index in [9.17, 15) is 9.18 Å². The zero-order valence-electron chi connectivity index (χ0n) is 28.7. The van der Waals surface area contributed by atoms with Gasteiger partial charge in [-0.1, -0.05) is 35.9 Å². The van der Waals surface area contributed by atoms with E-state index in [2.05, 4.69) is 81.0 Å². The Morgan fingerprint density at radius 2 is 1.96 bits per heavy atom. The van der Waals surface area contributed by atoms with Crippen LogP contribution >= 0.6 is 11.6 Å². The summed E-state index contributed by atoms with van der Waals surface area (Å²) in [6.45, 7) is 8.30. The molecule has 5 aromatic rings. The largest absolute Gasteiger partial charge is 0.381 e. The van der Waals surface area contributed by atoms with Crippen molar-refractivity contribution < 1.29 is 18.7 Å². The maximum atomic E-state index is 14.5. The van der Waals surface area contributed by atoms with Crippen LogP contribution in [0, 0.1) is 19.7 Å². The molecule has 12 heteroatoms. The molecule has 7 rings (SSSR count). The molecule has 1 fully saturated rings. The fraction of sp³-hybridized carbons (Fsp3) is 0.282. The number of aromatic nitrogens is 4. The van der Waals surface area contributed by atoms with E-state index in [1.807, 2.05) is 6.08 Å². The van der Waals surface area contributed by atoms with Gasteiger partial charge in [-0.3, -0.25) is 19.6 Å². The minimum Gasteiger partial charge on any atom is -0.381 e. The van der Waals surface area contributed by atoms with Crippen LogP contribution in [0.2, 0.25) is 5.02 Å². The Kier molecular flexibility index (Phi) is 11.4. The number of aryl methyl sites for hydroxylation is 2. The third-order valence-corrected chi connectivity index (χ3v) is 9.56. The van der Waals surface area contributed by atoms with Gasteiger partial charge in [-0.25, -0.2) is 9.37 Å². The smallest absolute Gasteiger partial charge is 0.204 e. The number of allylic oxidation sites excluding steroid dienone is 4. The molecule has 264 valence electrons. The summed E-state index contributed by atoms with van der Waals surface area (Å²) in [6.07, 6.45) is 10.2. The highest BCUT2D eigenvalue weighted by Gasteiger charge is 2.24. The Balaban J connectivity index is 0.00000144. The molecule has 10 nitrogen and oxygen atoms in total. The van der Waals surface area contributed by atoms with Crippen molar-refractivity contribution in [3.8, 4) is 11.1 Å². The first kappa shape index (κ1) is 35.7. The first-order valence-corrected chi connectivity index (χ1v) is 17.3. The average molecular weight is 710 g/mol. The molecule has 4 N–H and O–H groups in total. The van der Waals surface area contributed by atoms with E-state index in [-0.39, 0.29) is 18.3 Å². The molecule has 1 saturated heterocycles. The molecule has 0 aliphatic carbocycles. The van der Waals surface area contributed by atoms with Gasteiger partial charge in [0.1, 0.15) is 17.9 Å². The zero-order valence-corrected chi connectivity index (χ0v) is 29.4. The van der Waals surface area contributed by atoms with Gasteiger partial charge in [0.05, 0.1) is 35.7 Å². The molecule has 0 bridgehead atoms. The number of halogens is 2. The summed E-state index contributed by atoms with van der Waals surface area (Å²) in [5.74, 6) is 0.668. The van der Waals surface area contributed by atoms with Gasteiger partial charge in [-0.05, 0) is 97.5 Å². The van der Waals surface area contributed by atoms with Crippen molar-refractivity contribution in [1.29, 1.82) is 0 Å². The number of nitrogens with two attached hydrogens (primary N) is 1. The quantitative estimate of drug-likeness (QED) is 0.0818. The van der Waals surface area contributed by atoms with Gasteiger partial charge >= 0.3 is 0 Å². The fourth-order valence-electron chi connectivity index (χ4n) is 6.52. The lowest BCUT2D eigenvalue weighted by Gasteiger charge is -2.30. The number of nitrogens with one attached hydrogen (secondary N) is 2. The highest BCUT2D eigenvalue weighted by molar-refractivity contribution is 6.30. The van der Waals surface area contributed by atoms with E-state index in [1.165, 1.54) is 12.1 Å². The molecule has 3 aromatic carbocycles. The van der Waals surface area contributed by atoms with Gasteiger partial charge in [-0.2, -0.15) is 5.10 Å². The highest BCUT2D eigenvalue weighted by Crippen LogP contribution is 2.32. The van der Waals surface area contributed by atoms with Crippen molar-refractivity contribution in [3.63, 3.8) is 0 Å². The number of aromatic amines is 1. The average Bonchev–Trinajstić information content (AvgIpc) is 3.64. The molecule has 1 unspecified atom stereocenters. The molecule has 51 heavy (non-hydrogen) atoms. The van der Waals surface area contributed by atoms with Crippen molar-refractivity contribution in [2.24, 2.45) is 5.73 Å². The summed E-state index contributed by atoms with van der Waals surface area (Å²) in [5, 5.41) is 12.5. The van der Waals surface area contributed by atoms with E-state index >= 15 is 0 Å². The van der Waals surface area contributed by atoms with Crippen molar-refractivity contribution in [3.05, 3.63) is 118 Å². The lowest BCUT2D eigenvalue weighted by atomic mass is 9.99. The van der Waals surface area contributed by atoms with Gasteiger partial charge < -0.3 is 20.4 Å². The number of hydrogen-bond donors (Lipinski definition) is 3. The van der Waals surface area contributed by atoms with Gasteiger partial charge in [0, 0.05) is 53.6 Å². The van der Waals surface area contributed by atoms with Crippen LogP contribution in [0.5, 0.6) is 0 Å². The molecule has 0 saturated carbocycles. The second-order valence-corrected chi connectivity index (χ2v) is 13.1. The highest BCUT2D eigenvalue weighted by atomic mass is 35.5. The summed E-state index contributed by atoms with van der Waals surface area (Å²) in [4.78, 5) is 27.0. The second-order valence-electron chi connectivity index (χ2n) is 12.7. The lowest BCUT2D eigenvalue weighted by Crippen LogP contribution is -2.34. The van der Waals surface area contributed by atoms with Gasteiger partial charge in [0.2, 0.25) is 6.41 Å². The maximum absolute atomic E-state index is 14.5. The van der Waals surface area contributed by atoms with E-state index in [1.54, 1.807) is 18.2 Å². The molecule has 4 heterocycles. The van der Waals surface area contributed by atoms with Crippen molar-refractivity contribution in [1.82, 2.24) is 30.0 Å². The van der Waals surface area contributed by atoms with Crippen LogP contribution < -0.4 is 11.1 Å². The SMILES string of the molecule is Cc1[nH]nc2c(C)cc(-c3ccc4nc(CN5CC=C(/C(=C/C=C\C=O)NCc6ccc(Cl)cc6F)CC5)n(CC5CCO5)c4c3)cc12.NC=O. The van der Waals surface area contributed by atoms with Crippen molar-refractivity contribution >= 4 is 46.2 Å². The minimum absolute atomic E-state index is 0.188. The summed E-state index contributed by atoms with van der Waals surface area (Å²) >= 11 is 5.94. The normalized spacial score (nSPS) is 16.5. The molecule has 2 aromatic heterocycles. The van der Waals surface area contributed by atoms with Crippen LogP contribution in [0.15, 0.2) is 84.1 Å². The number of hydrogen-bond acceptors (Lipinski definition) is 7. The van der Waals surface area contributed by atoms with Crippen molar-refractivity contribution in [2.45, 2.75) is 52.4 Å². The zero-order chi connectivity index (χ0) is 35.9. The molecule has 1 atom stereocenters. The van der Waals surface area contributed by atoms with Crippen LogP contribution in [-0.4, -0.2) is 63.1 Å². The summed E-state index contributed by atoms with van der Waals surface area (Å²) in [5.41, 5.74) is 14.3. The number of carbonyl (C=O) groups is 2. The number of aldehydes is 1. The standard InChI is InChI=1S/C38H38ClFN6O2.CH3NO/c1-24-17-29(18-32-25(2)43-44-38(24)32)27-7-9-35-36(19-27)46(22-31-12-16-48-31)37(42-35)23-45-13-10-26(11-14-45)34(5-3-4-15-47)41-21-28-6-8-30(39)20-33(28)40;2-1-3/h3-10,15,17-20,31,41H,11-14,16,21-23H2,1-2H3,(H,43,44);1H,(H2,2,3)/b4-3-,34-5-;. The Hall–Kier alpha value is -5.10. The third kappa shape index (κ3) is 8.28. The van der Waals surface area contributed by atoms with Crippen LogP contribution in [-0.2, 0) is 34.0 Å². The Morgan fingerprint density at radius 1 is 1.14 bits per heavy atom. The molecule has 0 spiro atoms. The van der Waals surface area contributed by atoms with E-state index < -0.39 is 0 Å². The number of nitrogens with zero attached hydrogens (tertiary/aromatic N) is 4. The number of imidazole rings is 1. The number of H-pyrrole nitrogens is 1. The number of fused-ring (bicyclic) bond motifs is 2. The monoisotopic (exact) mass is 709 g/mol. The Labute approximate surface area is 300 Å². The minimum atomic E-state index is -0.354. The number of carbonyl (C=O) groups excluding carboxylic acids is 2. The Bertz CT molecular complexity index is 2150. The molecule has 2 aliphatic heterocycles. The van der Waals surface area contributed by atoms with E-state index in [0.717, 1.165) is 107 Å². The Morgan fingerprint density at radius 3 is 2.67 bits per heavy atom. The topological polar surface area (TPSA) is 131 Å². The molecular formula is C39H41ClFN7O3. The predicted molar refractivity (Wildman–Crippen MR) is 198 cm³/mol. The van der Waals surface area contributed by atoms with Crippen LogP contribution in [0.4, 0.5) is 4.39 Å². The molecule has 1 amide bonds. The van der Waals surface area contributed by atoms with Crippen LogP contribution in [0.25, 0.3) is 33.1 Å². The van der Waals surface area contributed by atoms with Gasteiger partial charge in [0.25, 0.3) is 0 Å². The third-order valence-electron chi connectivity index (χ3n) is 9.32. The molecular weight excluding hydrogens is 669 g/mol. The van der Waals surface area contributed by atoms with Crippen LogP contribution in [0.3, 0.4) is 0 Å². The number of ether oxygens (including phenoxy) is 1. The molecule has 0 radical (unpaired) electrons. The first-order chi connectivity index (χ1) is 24.8. The molecule has 2 aliphatic rings. The van der Waals surface area contributed by atoms with E-state index in [4.69, 9.17) is 26.1 Å². The van der Waals surface area contributed by atoms with Crippen LogP contribution in [0.1, 0.15) is 35.5 Å².